The SMILES string of the molecule is Nc1[nH]ncc1CNc1nc2ccc(F)cn2n1. The quantitative estimate of drug-likeness (QED) is 0.635. The molecule has 0 saturated carbocycles. The normalized spacial score (nSPS) is 10.9. The smallest absolute Gasteiger partial charge is 0.243 e. The van der Waals surface area contributed by atoms with Crippen molar-refractivity contribution >= 4 is 17.4 Å². The number of fused-ring (bicyclic) bond motifs is 1. The van der Waals surface area contributed by atoms with Gasteiger partial charge in [0.2, 0.25) is 5.95 Å². The lowest BCUT2D eigenvalue weighted by Crippen LogP contribution is -2.02. The van der Waals surface area contributed by atoms with Crippen LogP contribution in [-0.4, -0.2) is 24.8 Å². The van der Waals surface area contributed by atoms with Gasteiger partial charge < -0.3 is 11.1 Å². The van der Waals surface area contributed by atoms with Gasteiger partial charge in [-0.1, -0.05) is 0 Å². The molecular weight excluding hydrogens is 237 g/mol. The molecule has 18 heavy (non-hydrogen) atoms. The molecular formula is C10H10FN7. The number of nitrogens with two attached hydrogens (primary N) is 1. The zero-order chi connectivity index (χ0) is 12.5. The molecule has 8 heteroatoms. The van der Waals surface area contributed by atoms with Gasteiger partial charge in [0.15, 0.2) is 5.65 Å². The van der Waals surface area contributed by atoms with Crippen molar-refractivity contribution in [2.45, 2.75) is 6.54 Å². The standard InChI is InChI=1S/C10H10FN7/c11-7-1-2-8-15-10(17-18(8)5-7)13-3-6-4-14-16-9(6)12/h1-2,4-5H,3H2,(H,13,17)(H3,12,14,16). The van der Waals surface area contributed by atoms with E-state index in [4.69, 9.17) is 5.73 Å². The van der Waals surface area contributed by atoms with Gasteiger partial charge in [-0.2, -0.15) is 10.1 Å². The Bertz CT molecular complexity index is 686. The fourth-order valence-corrected chi connectivity index (χ4v) is 1.57. The first-order chi connectivity index (χ1) is 8.72. The van der Waals surface area contributed by atoms with Crippen molar-refractivity contribution < 1.29 is 4.39 Å². The Hall–Kier alpha value is -2.64. The molecule has 0 unspecified atom stereocenters. The van der Waals surface area contributed by atoms with Crippen LogP contribution in [0.4, 0.5) is 16.2 Å². The third kappa shape index (κ3) is 1.83. The molecule has 0 saturated heterocycles. The Morgan fingerprint density at radius 1 is 1.44 bits per heavy atom. The Balaban J connectivity index is 1.81. The summed E-state index contributed by atoms with van der Waals surface area (Å²) in [6.45, 7) is 0.446. The van der Waals surface area contributed by atoms with Gasteiger partial charge in [0.25, 0.3) is 0 Å². The Kier molecular flexibility index (Phi) is 2.33. The first-order valence-electron chi connectivity index (χ1n) is 5.26. The van der Waals surface area contributed by atoms with Gasteiger partial charge in [-0.05, 0) is 12.1 Å². The van der Waals surface area contributed by atoms with Gasteiger partial charge in [-0.3, -0.25) is 5.10 Å². The molecule has 0 amide bonds. The summed E-state index contributed by atoms with van der Waals surface area (Å²) in [5.74, 6) is 0.538. The molecule has 0 bridgehead atoms. The fourth-order valence-electron chi connectivity index (χ4n) is 1.57. The topological polar surface area (TPSA) is 96.9 Å². The van der Waals surface area contributed by atoms with E-state index in [-0.39, 0.29) is 5.82 Å². The molecule has 0 radical (unpaired) electrons. The summed E-state index contributed by atoms with van der Waals surface area (Å²) in [6, 6.07) is 2.89. The second-order valence-electron chi connectivity index (χ2n) is 3.75. The number of aromatic amines is 1. The van der Waals surface area contributed by atoms with Crippen molar-refractivity contribution in [1.82, 2.24) is 24.8 Å². The molecule has 3 aromatic heterocycles. The molecule has 0 aliphatic rings. The van der Waals surface area contributed by atoms with Crippen molar-refractivity contribution in [3.8, 4) is 0 Å². The summed E-state index contributed by atoms with van der Waals surface area (Å²) in [5.41, 5.74) is 7.03. The van der Waals surface area contributed by atoms with Gasteiger partial charge >= 0.3 is 0 Å². The zero-order valence-electron chi connectivity index (χ0n) is 9.26. The molecule has 0 aliphatic carbocycles. The number of nitrogens with zero attached hydrogens (tertiary/aromatic N) is 4. The second kappa shape index (κ2) is 3.99. The van der Waals surface area contributed by atoms with Gasteiger partial charge in [0.1, 0.15) is 11.6 Å². The van der Waals surface area contributed by atoms with E-state index in [1.54, 1.807) is 12.3 Å². The van der Waals surface area contributed by atoms with Gasteiger partial charge in [-0.15, -0.1) is 5.10 Å². The average molecular weight is 247 g/mol. The largest absolute Gasteiger partial charge is 0.384 e. The average Bonchev–Trinajstić information content (AvgIpc) is 2.92. The van der Waals surface area contributed by atoms with Crippen molar-refractivity contribution in [3.05, 3.63) is 35.9 Å². The molecule has 4 N–H and O–H groups in total. The number of hydrogen-bond acceptors (Lipinski definition) is 5. The van der Waals surface area contributed by atoms with Crippen LogP contribution < -0.4 is 11.1 Å². The van der Waals surface area contributed by atoms with Gasteiger partial charge in [-0.25, -0.2) is 8.91 Å². The van der Waals surface area contributed by atoms with E-state index < -0.39 is 0 Å². The fraction of sp³-hybridized carbons (Fsp3) is 0.100. The number of anilines is 2. The lowest BCUT2D eigenvalue weighted by molar-refractivity contribution is 0.615. The van der Waals surface area contributed by atoms with Crippen LogP contribution in [0.5, 0.6) is 0 Å². The summed E-state index contributed by atoms with van der Waals surface area (Å²) in [7, 11) is 0. The van der Waals surface area contributed by atoms with Crippen LogP contribution in [-0.2, 0) is 6.54 Å². The Morgan fingerprint density at radius 3 is 3.11 bits per heavy atom. The lowest BCUT2D eigenvalue weighted by atomic mass is 10.3. The van der Waals surface area contributed by atoms with Crippen molar-refractivity contribution in [2.24, 2.45) is 0 Å². The van der Waals surface area contributed by atoms with E-state index in [9.17, 15) is 4.39 Å². The zero-order valence-corrected chi connectivity index (χ0v) is 9.26. The molecule has 3 rings (SSSR count). The van der Waals surface area contributed by atoms with Crippen LogP contribution in [0.1, 0.15) is 5.56 Å². The van der Waals surface area contributed by atoms with Crippen molar-refractivity contribution in [2.75, 3.05) is 11.1 Å². The Labute approximate surface area is 101 Å². The minimum atomic E-state index is -0.363. The van der Waals surface area contributed by atoms with E-state index >= 15 is 0 Å². The number of pyridine rings is 1. The molecule has 0 aliphatic heterocycles. The van der Waals surface area contributed by atoms with E-state index in [1.807, 2.05) is 0 Å². The summed E-state index contributed by atoms with van der Waals surface area (Å²) in [6.07, 6.45) is 2.89. The summed E-state index contributed by atoms with van der Waals surface area (Å²) in [4.78, 5) is 4.19. The molecule has 0 atom stereocenters. The maximum absolute atomic E-state index is 13.0. The van der Waals surface area contributed by atoms with E-state index in [2.05, 4.69) is 25.6 Å². The third-order valence-electron chi connectivity index (χ3n) is 2.48. The minimum Gasteiger partial charge on any atom is -0.384 e. The van der Waals surface area contributed by atoms with Crippen LogP contribution >= 0.6 is 0 Å². The molecule has 92 valence electrons. The maximum atomic E-state index is 13.0. The number of hydrogen-bond donors (Lipinski definition) is 3. The maximum Gasteiger partial charge on any atom is 0.243 e. The van der Waals surface area contributed by atoms with Crippen molar-refractivity contribution in [3.63, 3.8) is 0 Å². The van der Waals surface area contributed by atoms with Crippen molar-refractivity contribution in [1.29, 1.82) is 0 Å². The monoisotopic (exact) mass is 247 g/mol. The van der Waals surface area contributed by atoms with Crippen LogP contribution in [0, 0.1) is 5.82 Å². The molecule has 7 nitrogen and oxygen atoms in total. The number of aromatic nitrogens is 5. The Morgan fingerprint density at radius 2 is 2.33 bits per heavy atom. The van der Waals surface area contributed by atoms with Crippen LogP contribution in [0.15, 0.2) is 24.5 Å². The highest BCUT2D eigenvalue weighted by molar-refractivity contribution is 5.45. The number of halogens is 1. The molecule has 0 spiro atoms. The third-order valence-corrected chi connectivity index (χ3v) is 2.48. The van der Waals surface area contributed by atoms with E-state index in [0.717, 1.165) is 5.56 Å². The first-order valence-corrected chi connectivity index (χ1v) is 5.26. The predicted octanol–water partition coefficient (Wildman–Crippen LogP) is 0.786. The number of rotatable bonds is 3. The lowest BCUT2D eigenvalue weighted by Gasteiger charge is -1.98. The van der Waals surface area contributed by atoms with Crippen LogP contribution in [0.2, 0.25) is 0 Å². The summed E-state index contributed by atoms with van der Waals surface area (Å²) in [5, 5.41) is 13.5. The molecule has 3 aromatic rings. The second-order valence-corrected chi connectivity index (χ2v) is 3.75. The highest BCUT2D eigenvalue weighted by Gasteiger charge is 2.05. The van der Waals surface area contributed by atoms with E-state index in [1.165, 1.54) is 16.8 Å². The number of H-pyrrole nitrogens is 1. The minimum absolute atomic E-state index is 0.363. The van der Waals surface area contributed by atoms with Gasteiger partial charge in [0, 0.05) is 12.1 Å². The number of nitrogen functional groups attached to an aromatic ring is 1. The summed E-state index contributed by atoms with van der Waals surface area (Å²) >= 11 is 0. The highest BCUT2D eigenvalue weighted by Crippen LogP contribution is 2.10. The van der Waals surface area contributed by atoms with E-state index in [0.29, 0.717) is 24.0 Å². The molecule has 0 fully saturated rings. The predicted molar refractivity (Wildman–Crippen MR) is 63.3 cm³/mol. The van der Waals surface area contributed by atoms with Crippen LogP contribution in [0.3, 0.4) is 0 Å². The highest BCUT2D eigenvalue weighted by atomic mass is 19.1. The summed E-state index contributed by atoms with van der Waals surface area (Å²) < 4.78 is 14.3. The first kappa shape index (κ1) is 10.5. The van der Waals surface area contributed by atoms with Gasteiger partial charge in [0.05, 0.1) is 12.4 Å². The molecule has 0 aromatic carbocycles. The van der Waals surface area contributed by atoms with Crippen LogP contribution in [0.25, 0.3) is 5.65 Å². The number of nitrogens with one attached hydrogen (secondary N) is 2. The molecule has 3 heterocycles.